The van der Waals surface area contributed by atoms with Crippen LogP contribution in [0.3, 0.4) is 0 Å². The molecule has 1 aromatic carbocycles. The molecule has 0 fully saturated rings. The van der Waals surface area contributed by atoms with Crippen molar-refractivity contribution in [1.82, 2.24) is 0 Å². The summed E-state index contributed by atoms with van der Waals surface area (Å²) < 4.78 is 0. The molecule has 0 radical (unpaired) electrons. The molecule has 70 valence electrons. The Bertz CT molecular complexity index is 327. The molecule has 1 aromatic rings. The summed E-state index contributed by atoms with van der Waals surface area (Å²) in [6.45, 7) is 6.15. The van der Waals surface area contributed by atoms with E-state index in [2.05, 4.69) is 13.8 Å². The van der Waals surface area contributed by atoms with Crippen LogP contribution in [0.5, 0.6) is 0 Å². The van der Waals surface area contributed by atoms with Crippen LogP contribution in [0, 0.1) is 6.92 Å². The largest absolute Gasteiger partial charge is 0.478 e. The van der Waals surface area contributed by atoms with Gasteiger partial charge < -0.3 is 5.11 Å². The minimum atomic E-state index is -0.863. The van der Waals surface area contributed by atoms with Crippen LogP contribution in [0.1, 0.15) is 41.3 Å². The highest BCUT2D eigenvalue weighted by Crippen LogP contribution is 2.19. The summed E-state index contributed by atoms with van der Waals surface area (Å²) in [4.78, 5) is 10.6. The number of aromatic carboxylic acids is 1. The van der Waals surface area contributed by atoms with Gasteiger partial charge in [-0.25, -0.2) is 4.79 Å². The van der Waals surface area contributed by atoms with E-state index in [1.165, 1.54) is 5.56 Å². The lowest BCUT2D eigenvalue weighted by molar-refractivity contribution is 0.0697. The second-order valence-corrected chi connectivity index (χ2v) is 3.53. The zero-order valence-electron chi connectivity index (χ0n) is 8.16. The highest BCUT2D eigenvalue weighted by molar-refractivity contribution is 5.87. The zero-order chi connectivity index (χ0) is 10.0. The molecule has 2 heteroatoms. The van der Waals surface area contributed by atoms with Gasteiger partial charge in [0.2, 0.25) is 0 Å². The normalized spacial score (nSPS) is 10.5. The summed E-state index contributed by atoms with van der Waals surface area (Å²) >= 11 is 0. The molecule has 0 aliphatic heterocycles. The summed E-state index contributed by atoms with van der Waals surface area (Å²) in [5, 5.41) is 8.74. The molecule has 2 nitrogen and oxygen atoms in total. The van der Waals surface area contributed by atoms with Crippen molar-refractivity contribution in [3.8, 4) is 0 Å². The summed E-state index contributed by atoms with van der Waals surface area (Å²) in [5.41, 5.74) is 2.63. The molecule has 13 heavy (non-hydrogen) atoms. The fraction of sp³-hybridized carbons (Fsp3) is 0.364. The van der Waals surface area contributed by atoms with Crippen molar-refractivity contribution in [2.45, 2.75) is 26.7 Å². The predicted molar refractivity (Wildman–Crippen MR) is 52.2 cm³/mol. The molecule has 0 amide bonds. The Morgan fingerprint density at radius 2 is 2.00 bits per heavy atom. The van der Waals surface area contributed by atoms with E-state index in [4.69, 9.17) is 5.11 Å². The van der Waals surface area contributed by atoms with Crippen molar-refractivity contribution in [2.24, 2.45) is 0 Å². The van der Waals surface area contributed by atoms with E-state index in [0.29, 0.717) is 11.5 Å². The lowest BCUT2D eigenvalue weighted by Gasteiger charge is -2.09. The maximum atomic E-state index is 10.6. The van der Waals surface area contributed by atoms with E-state index >= 15 is 0 Å². The molecule has 0 bridgehead atoms. The fourth-order valence-electron chi connectivity index (χ4n) is 1.46. The van der Waals surface area contributed by atoms with E-state index in [0.717, 1.165) is 5.56 Å². The van der Waals surface area contributed by atoms with Crippen molar-refractivity contribution >= 4 is 5.97 Å². The summed E-state index contributed by atoms with van der Waals surface area (Å²) in [6.07, 6.45) is 0. The van der Waals surface area contributed by atoms with Crippen LogP contribution in [-0.4, -0.2) is 11.1 Å². The molecule has 0 aromatic heterocycles. The number of carboxylic acid groups (broad SMARTS) is 1. The molecule has 0 aliphatic rings. The Kier molecular flexibility index (Phi) is 2.71. The first-order valence-electron chi connectivity index (χ1n) is 4.36. The maximum absolute atomic E-state index is 10.6. The van der Waals surface area contributed by atoms with Gasteiger partial charge in [-0.2, -0.15) is 0 Å². The van der Waals surface area contributed by atoms with Crippen LogP contribution >= 0.6 is 0 Å². The van der Waals surface area contributed by atoms with Crippen molar-refractivity contribution in [1.29, 1.82) is 0 Å². The van der Waals surface area contributed by atoms with Gasteiger partial charge in [0, 0.05) is 0 Å². The Labute approximate surface area is 78.2 Å². The second kappa shape index (κ2) is 3.60. The first-order valence-corrected chi connectivity index (χ1v) is 4.36. The lowest BCUT2D eigenvalue weighted by atomic mass is 9.96. The summed E-state index contributed by atoms with van der Waals surface area (Å²) in [6, 6.07) is 5.27. The monoisotopic (exact) mass is 178 g/mol. The molecule has 0 unspecified atom stereocenters. The quantitative estimate of drug-likeness (QED) is 0.756. The van der Waals surface area contributed by atoms with E-state index in [1.807, 2.05) is 13.0 Å². The molecular formula is C11H14O2. The van der Waals surface area contributed by atoms with Gasteiger partial charge in [-0.05, 0) is 36.1 Å². The third-order valence-electron chi connectivity index (χ3n) is 2.14. The van der Waals surface area contributed by atoms with Gasteiger partial charge in [0.15, 0.2) is 0 Å². The van der Waals surface area contributed by atoms with Crippen LogP contribution in [0.25, 0.3) is 0 Å². The minimum Gasteiger partial charge on any atom is -0.478 e. The van der Waals surface area contributed by atoms with E-state index in [-0.39, 0.29) is 0 Å². The highest BCUT2D eigenvalue weighted by atomic mass is 16.4. The molecule has 0 spiro atoms. The van der Waals surface area contributed by atoms with E-state index in [1.54, 1.807) is 12.1 Å². The van der Waals surface area contributed by atoms with E-state index < -0.39 is 5.97 Å². The predicted octanol–water partition coefficient (Wildman–Crippen LogP) is 2.82. The number of rotatable bonds is 2. The van der Waals surface area contributed by atoms with Gasteiger partial charge in [0.05, 0.1) is 5.56 Å². The topological polar surface area (TPSA) is 37.3 Å². The molecule has 0 saturated carbocycles. The summed E-state index contributed by atoms with van der Waals surface area (Å²) in [7, 11) is 0. The van der Waals surface area contributed by atoms with Crippen molar-refractivity contribution in [2.75, 3.05) is 0 Å². The second-order valence-electron chi connectivity index (χ2n) is 3.53. The van der Waals surface area contributed by atoms with Crippen molar-refractivity contribution < 1.29 is 9.90 Å². The molecule has 0 saturated heterocycles. The Morgan fingerprint density at radius 1 is 1.38 bits per heavy atom. The van der Waals surface area contributed by atoms with Gasteiger partial charge in [0.1, 0.15) is 0 Å². The average Bonchev–Trinajstić information content (AvgIpc) is 2.03. The standard InChI is InChI=1S/C11H14O2/c1-7(2)10-5-4-9(11(12)13)6-8(10)3/h4-7H,1-3H3,(H,12,13). The van der Waals surface area contributed by atoms with Crippen LogP contribution in [0.4, 0.5) is 0 Å². The fourth-order valence-corrected chi connectivity index (χ4v) is 1.46. The van der Waals surface area contributed by atoms with Gasteiger partial charge in [0.25, 0.3) is 0 Å². The first kappa shape index (κ1) is 9.78. The number of aryl methyl sites for hydroxylation is 1. The van der Waals surface area contributed by atoms with Crippen LogP contribution in [0.2, 0.25) is 0 Å². The number of carbonyl (C=O) groups is 1. The van der Waals surface area contributed by atoms with E-state index in [9.17, 15) is 4.79 Å². The smallest absolute Gasteiger partial charge is 0.335 e. The number of hydrogen-bond acceptors (Lipinski definition) is 1. The zero-order valence-corrected chi connectivity index (χ0v) is 8.16. The van der Waals surface area contributed by atoms with Gasteiger partial charge in [-0.3, -0.25) is 0 Å². The van der Waals surface area contributed by atoms with Crippen molar-refractivity contribution in [3.63, 3.8) is 0 Å². The Hall–Kier alpha value is -1.31. The third kappa shape index (κ3) is 2.08. The van der Waals surface area contributed by atoms with Gasteiger partial charge in [-0.15, -0.1) is 0 Å². The van der Waals surface area contributed by atoms with Crippen LogP contribution in [-0.2, 0) is 0 Å². The number of hydrogen-bond donors (Lipinski definition) is 1. The van der Waals surface area contributed by atoms with Gasteiger partial charge >= 0.3 is 5.97 Å². The molecule has 0 atom stereocenters. The van der Waals surface area contributed by atoms with Crippen LogP contribution in [0.15, 0.2) is 18.2 Å². The maximum Gasteiger partial charge on any atom is 0.335 e. The van der Waals surface area contributed by atoms with Crippen molar-refractivity contribution in [3.05, 3.63) is 34.9 Å². The van der Waals surface area contributed by atoms with Crippen LogP contribution < -0.4 is 0 Å². The number of benzene rings is 1. The highest BCUT2D eigenvalue weighted by Gasteiger charge is 2.07. The molecule has 0 heterocycles. The third-order valence-corrected chi connectivity index (χ3v) is 2.14. The first-order chi connectivity index (χ1) is 6.02. The lowest BCUT2D eigenvalue weighted by Crippen LogP contribution is -1.99. The molecule has 0 aliphatic carbocycles. The molecular weight excluding hydrogens is 164 g/mol. The molecule has 1 N–H and O–H groups in total. The number of carboxylic acids is 1. The average molecular weight is 178 g/mol. The van der Waals surface area contributed by atoms with Gasteiger partial charge in [-0.1, -0.05) is 19.9 Å². The SMILES string of the molecule is Cc1cc(C(=O)O)ccc1C(C)C. The summed E-state index contributed by atoms with van der Waals surface area (Å²) in [5.74, 6) is -0.416. The molecule has 1 rings (SSSR count). The Morgan fingerprint density at radius 3 is 2.38 bits per heavy atom. The Balaban J connectivity index is 3.13. The minimum absolute atomic E-state index is 0.363.